The number of aliphatic hydroxyl groups is 1. The molecule has 28 heavy (non-hydrogen) atoms. The second-order valence-electron chi connectivity index (χ2n) is 6.00. The molecule has 0 atom stereocenters. The van der Waals surface area contributed by atoms with E-state index in [1.165, 1.54) is 24.5 Å². The molecule has 1 aromatic carbocycles. The van der Waals surface area contributed by atoms with E-state index in [-0.39, 0.29) is 12.4 Å². The zero-order chi connectivity index (χ0) is 20.5. The minimum atomic E-state index is -4.49. The normalized spacial score (nSPS) is 12.6. The molecule has 0 fully saturated rings. The molecule has 6 nitrogen and oxygen atoms in total. The Morgan fingerprint density at radius 2 is 1.93 bits per heavy atom. The first-order valence-electron chi connectivity index (χ1n) is 8.30. The number of halogens is 3. The van der Waals surface area contributed by atoms with Crippen LogP contribution in [0.3, 0.4) is 0 Å². The molecule has 0 amide bonds. The molecule has 10 heteroatoms. The largest absolute Gasteiger partial charge is 0.435 e. The molecular weight excluding hydrogens is 393 g/mol. The molecule has 3 aromatic rings. The Labute approximate surface area is 162 Å². The van der Waals surface area contributed by atoms with Gasteiger partial charge in [0.15, 0.2) is 16.3 Å². The highest BCUT2D eigenvalue weighted by Crippen LogP contribution is 2.28. The fraction of sp³-hybridized carbons (Fsp3) is 0.278. The third-order valence-electron chi connectivity index (χ3n) is 4.02. The summed E-state index contributed by atoms with van der Waals surface area (Å²) in [5.41, 5.74) is 0.801. The number of ketones is 1. The van der Waals surface area contributed by atoms with Crippen molar-refractivity contribution in [2.24, 2.45) is 4.99 Å². The molecule has 3 rings (SSSR count). The van der Waals surface area contributed by atoms with E-state index < -0.39 is 11.9 Å². The highest BCUT2D eigenvalue weighted by Gasteiger charge is 2.33. The molecular formula is C18H17F3N4O2S. The van der Waals surface area contributed by atoms with Gasteiger partial charge in [-0.3, -0.25) is 4.79 Å². The van der Waals surface area contributed by atoms with Gasteiger partial charge in [0.1, 0.15) is 0 Å². The van der Waals surface area contributed by atoms with Crippen LogP contribution >= 0.6 is 11.3 Å². The second-order valence-corrected chi connectivity index (χ2v) is 6.98. The molecule has 0 unspecified atom stereocenters. The van der Waals surface area contributed by atoms with Crippen molar-refractivity contribution in [1.82, 2.24) is 14.3 Å². The van der Waals surface area contributed by atoms with E-state index in [1.807, 2.05) is 0 Å². The summed E-state index contributed by atoms with van der Waals surface area (Å²) in [5.74, 6) is -0.0786. The van der Waals surface area contributed by atoms with Crippen molar-refractivity contribution < 1.29 is 23.1 Å². The molecule has 1 N–H and O–H groups in total. The highest BCUT2D eigenvalue weighted by molar-refractivity contribution is 7.11. The van der Waals surface area contributed by atoms with Gasteiger partial charge in [0.25, 0.3) is 0 Å². The first-order chi connectivity index (χ1) is 13.2. The average molecular weight is 410 g/mol. The number of alkyl halides is 3. The van der Waals surface area contributed by atoms with Crippen LogP contribution in [0.4, 0.5) is 18.9 Å². The fourth-order valence-corrected chi connectivity index (χ4v) is 3.74. The van der Waals surface area contributed by atoms with E-state index in [0.29, 0.717) is 27.6 Å². The lowest BCUT2D eigenvalue weighted by Gasteiger charge is -2.04. The summed E-state index contributed by atoms with van der Waals surface area (Å²) in [7, 11) is 0. The maximum Gasteiger partial charge on any atom is 0.435 e. The first-order valence-corrected chi connectivity index (χ1v) is 9.12. The van der Waals surface area contributed by atoms with E-state index in [0.717, 1.165) is 16.4 Å². The lowest BCUT2D eigenvalue weighted by molar-refractivity contribution is -0.141. The zero-order valence-electron chi connectivity index (χ0n) is 15.1. The molecule has 0 aliphatic heterocycles. The number of thiazole rings is 1. The number of Topliss-reactive ketones (excluding diaryl/α,β-unsaturated/α-hetero) is 1. The smallest absolute Gasteiger partial charge is 0.395 e. The van der Waals surface area contributed by atoms with Crippen LogP contribution in [0.1, 0.15) is 28.0 Å². The predicted octanol–water partition coefficient (Wildman–Crippen LogP) is 3.49. The van der Waals surface area contributed by atoms with Gasteiger partial charge in [-0.05, 0) is 37.3 Å². The summed E-state index contributed by atoms with van der Waals surface area (Å²) in [6.45, 7) is 3.48. The van der Waals surface area contributed by atoms with Gasteiger partial charge in [-0.2, -0.15) is 18.3 Å². The van der Waals surface area contributed by atoms with Gasteiger partial charge >= 0.3 is 6.18 Å². The van der Waals surface area contributed by atoms with Crippen LogP contribution in [0.25, 0.3) is 5.69 Å². The summed E-state index contributed by atoms with van der Waals surface area (Å²) in [5, 5.41) is 12.8. The minimum absolute atomic E-state index is 0.0786. The number of carbonyl (C=O) groups is 1. The predicted molar refractivity (Wildman–Crippen MR) is 97.9 cm³/mol. The maximum absolute atomic E-state index is 12.7. The standard InChI is InChI=1S/C18H17F3N4O2S/c1-11-16(12(2)27)28-17(24(11)9-10-26)22-13-3-5-14(6-4-13)25-8-7-15(23-25)18(19,20)21/h3-8,26H,9-10H2,1-2H3. The van der Waals surface area contributed by atoms with Crippen LogP contribution in [0, 0.1) is 6.92 Å². The molecule has 2 heterocycles. The van der Waals surface area contributed by atoms with Crippen molar-refractivity contribution in [3.8, 4) is 5.69 Å². The Kier molecular flexibility index (Phi) is 5.52. The molecule has 0 aliphatic rings. The van der Waals surface area contributed by atoms with Gasteiger partial charge in [-0.1, -0.05) is 11.3 Å². The van der Waals surface area contributed by atoms with Crippen molar-refractivity contribution in [2.45, 2.75) is 26.6 Å². The van der Waals surface area contributed by atoms with Gasteiger partial charge in [0.05, 0.1) is 22.9 Å². The number of aliphatic hydroxyl groups excluding tert-OH is 1. The molecule has 0 bridgehead atoms. The molecule has 0 saturated heterocycles. The molecule has 0 saturated carbocycles. The monoisotopic (exact) mass is 410 g/mol. The SMILES string of the molecule is CC(=O)c1sc(=Nc2ccc(-n3ccc(C(F)(F)F)n3)cc2)n(CCO)c1C. The quantitative estimate of drug-likeness (QED) is 0.655. The molecule has 2 aromatic heterocycles. The van der Waals surface area contributed by atoms with E-state index in [9.17, 15) is 23.1 Å². The van der Waals surface area contributed by atoms with Crippen molar-refractivity contribution in [2.75, 3.05) is 6.61 Å². The van der Waals surface area contributed by atoms with Crippen molar-refractivity contribution in [3.63, 3.8) is 0 Å². The van der Waals surface area contributed by atoms with Gasteiger partial charge in [0.2, 0.25) is 0 Å². The average Bonchev–Trinajstić information content (AvgIpc) is 3.23. The van der Waals surface area contributed by atoms with Gasteiger partial charge in [-0.15, -0.1) is 0 Å². The van der Waals surface area contributed by atoms with Crippen LogP contribution in [0.2, 0.25) is 0 Å². The van der Waals surface area contributed by atoms with Gasteiger partial charge in [0, 0.05) is 25.4 Å². The summed E-state index contributed by atoms with van der Waals surface area (Å²) in [4.78, 5) is 17.4. The topological polar surface area (TPSA) is 72.4 Å². The Hall–Kier alpha value is -2.72. The number of hydrogen-bond donors (Lipinski definition) is 1. The highest BCUT2D eigenvalue weighted by atomic mass is 32.1. The van der Waals surface area contributed by atoms with Crippen molar-refractivity contribution in [3.05, 3.63) is 57.6 Å². The second kappa shape index (κ2) is 7.72. The lowest BCUT2D eigenvalue weighted by atomic mass is 10.3. The third-order valence-corrected chi connectivity index (χ3v) is 5.30. The number of carbonyl (C=O) groups excluding carboxylic acids is 1. The summed E-state index contributed by atoms with van der Waals surface area (Å²) in [6.07, 6.45) is -3.25. The zero-order valence-corrected chi connectivity index (χ0v) is 15.9. The molecule has 148 valence electrons. The van der Waals surface area contributed by atoms with E-state index >= 15 is 0 Å². The van der Waals surface area contributed by atoms with E-state index in [2.05, 4.69) is 10.1 Å². The maximum atomic E-state index is 12.7. The Balaban J connectivity index is 1.95. The van der Waals surface area contributed by atoms with Crippen LogP contribution < -0.4 is 4.80 Å². The van der Waals surface area contributed by atoms with Crippen LogP contribution in [-0.4, -0.2) is 31.8 Å². The fourth-order valence-electron chi connectivity index (χ4n) is 2.67. The Morgan fingerprint density at radius 1 is 1.25 bits per heavy atom. The van der Waals surface area contributed by atoms with Crippen LogP contribution in [-0.2, 0) is 12.7 Å². The van der Waals surface area contributed by atoms with E-state index in [1.54, 1.807) is 35.8 Å². The van der Waals surface area contributed by atoms with Crippen LogP contribution in [0.5, 0.6) is 0 Å². The lowest BCUT2D eigenvalue weighted by Crippen LogP contribution is -2.18. The summed E-state index contributed by atoms with van der Waals surface area (Å²) < 4.78 is 40.9. The third kappa shape index (κ3) is 4.07. The molecule has 0 radical (unpaired) electrons. The number of aromatic nitrogens is 3. The Bertz CT molecular complexity index is 1060. The molecule has 0 aliphatic carbocycles. The number of nitrogens with zero attached hydrogens (tertiary/aromatic N) is 4. The minimum Gasteiger partial charge on any atom is -0.395 e. The number of benzene rings is 1. The molecule has 0 spiro atoms. The summed E-state index contributed by atoms with van der Waals surface area (Å²) in [6, 6.07) is 7.42. The van der Waals surface area contributed by atoms with Crippen molar-refractivity contribution >= 4 is 22.8 Å². The van der Waals surface area contributed by atoms with E-state index in [4.69, 9.17) is 0 Å². The van der Waals surface area contributed by atoms with Crippen LogP contribution in [0.15, 0.2) is 41.5 Å². The summed E-state index contributed by atoms with van der Waals surface area (Å²) >= 11 is 1.23. The number of hydrogen-bond acceptors (Lipinski definition) is 5. The number of rotatable bonds is 5. The first kappa shape index (κ1) is 20.0. The van der Waals surface area contributed by atoms with Gasteiger partial charge < -0.3 is 9.67 Å². The van der Waals surface area contributed by atoms with Gasteiger partial charge in [-0.25, -0.2) is 9.67 Å². The Morgan fingerprint density at radius 3 is 2.46 bits per heavy atom. The van der Waals surface area contributed by atoms with Crippen molar-refractivity contribution in [1.29, 1.82) is 0 Å².